The molecule has 0 aliphatic carbocycles. The molecule has 0 aromatic carbocycles. The van der Waals surface area contributed by atoms with Gasteiger partial charge in [0.25, 0.3) is 0 Å². The Morgan fingerprint density at radius 1 is 1.58 bits per heavy atom. The number of hydrogen-bond acceptors (Lipinski definition) is 5. The van der Waals surface area contributed by atoms with Gasteiger partial charge in [0, 0.05) is 6.20 Å². The van der Waals surface area contributed by atoms with E-state index in [1.54, 1.807) is 0 Å². The Balaban J connectivity index is 2.51. The van der Waals surface area contributed by atoms with Crippen molar-refractivity contribution in [3.63, 3.8) is 0 Å². The molecule has 1 aliphatic heterocycles. The van der Waals surface area contributed by atoms with E-state index >= 15 is 0 Å². The summed E-state index contributed by atoms with van der Waals surface area (Å²) in [6.07, 6.45) is -3.34. The number of aromatic nitrogens is 2. The van der Waals surface area contributed by atoms with Crippen molar-refractivity contribution in [3.05, 3.63) is 21.4 Å². The predicted octanol–water partition coefficient (Wildman–Crippen LogP) is 1.39. The van der Waals surface area contributed by atoms with Crippen LogP contribution in [0.4, 0.5) is 8.78 Å². The van der Waals surface area contributed by atoms with Gasteiger partial charge < -0.3 is 19.9 Å². The van der Waals surface area contributed by atoms with Crippen molar-refractivity contribution < 1.29 is 23.7 Å². The molecule has 9 heteroatoms. The third kappa shape index (κ3) is 2.36. The molecule has 0 radical (unpaired) electrons. The summed E-state index contributed by atoms with van der Waals surface area (Å²) >= 11 is 9.62. The predicted molar refractivity (Wildman–Crippen MR) is 66.9 cm³/mol. The van der Waals surface area contributed by atoms with Crippen molar-refractivity contribution in [2.75, 3.05) is 6.61 Å². The molecule has 19 heavy (non-hydrogen) atoms. The first-order valence-corrected chi connectivity index (χ1v) is 6.24. The van der Waals surface area contributed by atoms with Crippen LogP contribution >= 0.6 is 24.4 Å². The highest BCUT2D eigenvalue weighted by molar-refractivity contribution is 7.72. The molecule has 3 N–H and O–H groups in total. The Morgan fingerprint density at radius 3 is 2.74 bits per heavy atom. The Hall–Kier alpha value is -0.740. The van der Waals surface area contributed by atoms with E-state index in [2.05, 4.69) is 17.2 Å². The monoisotopic (exact) mass is 310 g/mol. The molecule has 1 saturated heterocycles. The van der Waals surface area contributed by atoms with Gasteiger partial charge in [-0.25, -0.2) is 8.78 Å². The van der Waals surface area contributed by atoms with Gasteiger partial charge >= 0.3 is 0 Å². The fourth-order valence-electron chi connectivity index (χ4n) is 2.00. The van der Waals surface area contributed by atoms with Gasteiger partial charge in [-0.3, -0.25) is 4.57 Å². The molecule has 0 amide bonds. The maximum absolute atomic E-state index is 13.9. The summed E-state index contributed by atoms with van der Waals surface area (Å²) in [7, 11) is 0. The van der Waals surface area contributed by atoms with E-state index < -0.39 is 36.5 Å². The summed E-state index contributed by atoms with van der Waals surface area (Å²) in [5.41, 5.74) is -1.95. The number of nitrogens with one attached hydrogen (secondary N) is 1. The van der Waals surface area contributed by atoms with Crippen molar-refractivity contribution in [1.29, 1.82) is 0 Å². The lowest BCUT2D eigenvalue weighted by atomic mass is 9.98. The molecule has 5 nitrogen and oxygen atoms in total. The third-order valence-electron chi connectivity index (χ3n) is 3.05. The van der Waals surface area contributed by atoms with Crippen LogP contribution in [0.15, 0.2) is 6.20 Å². The second-order valence-electron chi connectivity index (χ2n) is 4.48. The van der Waals surface area contributed by atoms with Gasteiger partial charge in [0.2, 0.25) is 0 Å². The quantitative estimate of drug-likeness (QED) is 0.720. The molecule has 1 fully saturated rings. The van der Waals surface area contributed by atoms with Crippen LogP contribution in [0.3, 0.4) is 0 Å². The van der Waals surface area contributed by atoms with E-state index in [0.717, 1.165) is 10.8 Å². The minimum atomic E-state index is -1.95. The SMILES string of the molecule is C[C@@]1(O)C(F)[C@@H](CO)O[C@H]1n1cc(F)c(=S)[nH]c1=S. The van der Waals surface area contributed by atoms with Crippen LogP contribution < -0.4 is 0 Å². The number of alkyl halides is 1. The fraction of sp³-hybridized carbons (Fsp3) is 0.600. The summed E-state index contributed by atoms with van der Waals surface area (Å²) in [4.78, 5) is 2.41. The van der Waals surface area contributed by atoms with E-state index in [1.165, 1.54) is 6.92 Å². The molecule has 106 valence electrons. The van der Waals surface area contributed by atoms with Gasteiger partial charge in [0.05, 0.1) is 6.61 Å². The first-order valence-electron chi connectivity index (χ1n) is 5.42. The highest BCUT2D eigenvalue weighted by Crippen LogP contribution is 2.39. The normalized spacial score (nSPS) is 34.7. The lowest BCUT2D eigenvalue weighted by molar-refractivity contribution is -0.0927. The van der Waals surface area contributed by atoms with E-state index in [9.17, 15) is 13.9 Å². The molecule has 1 aliphatic rings. The van der Waals surface area contributed by atoms with Gasteiger partial charge in [-0.1, -0.05) is 12.2 Å². The van der Waals surface area contributed by atoms with Crippen LogP contribution in [-0.2, 0) is 4.74 Å². The number of halogens is 2. The molecule has 4 atom stereocenters. The van der Waals surface area contributed by atoms with Crippen LogP contribution in [0.2, 0.25) is 0 Å². The first kappa shape index (κ1) is 14.7. The number of H-pyrrole nitrogens is 1. The van der Waals surface area contributed by atoms with Crippen LogP contribution in [0.1, 0.15) is 13.2 Å². The number of aliphatic hydroxyl groups excluding tert-OH is 1. The number of hydrogen-bond donors (Lipinski definition) is 3. The van der Waals surface area contributed by atoms with Crippen molar-refractivity contribution in [2.45, 2.75) is 31.0 Å². The van der Waals surface area contributed by atoms with Crippen molar-refractivity contribution in [1.82, 2.24) is 9.55 Å². The van der Waals surface area contributed by atoms with E-state index in [4.69, 9.17) is 22.1 Å². The Kier molecular flexibility index (Phi) is 3.85. The van der Waals surface area contributed by atoms with Gasteiger partial charge in [-0.05, 0) is 19.1 Å². The number of ether oxygens (including phenoxy) is 1. The summed E-state index contributed by atoms with van der Waals surface area (Å²) in [5.74, 6) is -0.772. The van der Waals surface area contributed by atoms with Gasteiger partial charge in [0.15, 0.2) is 23.0 Å². The van der Waals surface area contributed by atoms with Crippen LogP contribution in [0.25, 0.3) is 0 Å². The number of aromatic amines is 1. The summed E-state index contributed by atoms with van der Waals surface area (Å²) < 4.78 is 33.4. The highest BCUT2D eigenvalue weighted by atomic mass is 32.1. The lowest BCUT2D eigenvalue weighted by Gasteiger charge is -2.27. The lowest BCUT2D eigenvalue weighted by Crippen LogP contribution is -2.41. The minimum Gasteiger partial charge on any atom is -0.394 e. The highest BCUT2D eigenvalue weighted by Gasteiger charge is 2.54. The van der Waals surface area contributed by atoms with Gasteiger partial charge in [-0.15, -0.1) is 0 Å². The zero-order valence-corrected chi connectivity index (χ0v) is 11.5. The molecule has 2 rings (SSSR count). The standard InChI is InChI=1S/C10H12F2N2O3S2/c1-10(16)6(12)5(3-15)17-8(10)14-2-4(11)7(18)13-9(14)19/h2,5-6,8,15-16H,3H2,1H3,(H,13,18,19)/t5-,6?,8-,10-/m1/s1. The zero-order valence-electron chi connectivity index (χ0n) is 9.84. The maximum atomic E-state index is 13.9. The second kappa shape index (κ2) is 4.98. The average Bonchev–Trinajstić information content (AvgIpc) is 2.56. The summed E-state index contributed by atoms with van der Waals surface area (Å²) in [6, 6.07) is 0. The van der Waals surface area contributed by atoms with E-state index in [0.29, 0.717) is 0 Å². The fourth-order valence-corrected chi connectivity index (χ4v) is 2.47. The van der Waals surface area contributed by atoms with Crippen molar-refractivity contribution >= 4 is 24.4 Å². The average molecular weight is 310 g/mol. The number of nitrogens with zero attached hydrogens (tertiary/aromatic N) is 1. The van der Waals surface area contributed by atoms with E-state index in [1.807, 2.05) is 0 Å². The van der Waals surface area contributed by atoms with Crippen LogP contribution in [0, 0.1) is 15.2 Å². The second-order valence-corrected chi connectivity index (χ2v) is 5.28. The molecule has 0 spiro atoms. The Morgan fingerprint density at radius 2 is 2.21 bits per heavy atom. The van der Waals surface area contributed by atoms with Gasteiger partial charge in [0.1, 0.15) is 16.3 Å². The largest absolute Gasteiger partial charge is 0.394 e. The number of aliphatic hydroxyl groups is 2. The summed E-state index contributed by atoms with van der Waals surface area (Å²) in [5, 5.41) is 19.1. The zero-order chi connectivity index (χ0) is 14.4. The molecule has 0 saturated carbocycles. The van der Waals surface area contributed by atoms with Crippen LogP contribution in [0.5, 0.6) is 0 Å². The molecular weight excluding hydrogens is 298 g/mol. The van der Waals surface area contributed by atoms with E-state index in [-0.39, 0.29) is 9.41 Å². The molecule has 1 aromatic heterocycles. The van der Waals surface area contributed by atoms with Crippen molar-refractivity contribution in [3.8, 4) is 0 Å². The molecule has 1 unspecified atom stereocenters. The molecule has 2 heterocycles. The maximum Gasteiger partial charge on any atom is 0.180 e. The van der Waals surface area contributed by atoms with Crippen molar-refractivity contribution in [2.24, 2.45) is 0 Å². The first-order chi connectivity index (χ1) is 8.78. The molecule has 0 bridgehead atoms. The smallest absolute Gasteiger partial charge is 0.180 e. The van der Waals surface area contributed by atoms with Gasteiger partial charge in [-0.2, -0.15) is 0 Å². The Bertz CT molecular complexity index is 601. The topological polar surface area (TPSA) is 70.4 Å². The third-order valence-corrected chi connectivity index (χ3v) is 3.66. The Labute approximate surface area is 117 Å². The molecule has 1 aromatic rings. The number of rotatable bonds is 2. The molecular formula is C10H12F2N2O3S2. The minimum absolute atomic E-state index is 0.0116. The van der Waals surface area contributed by atoms with Crippen LogP contribution in [-0.4, -0.2) is 44.2 Å². The summed E-state index contributed by atoms with van der Waals surface area (Å²) in [6.45, 7) is 0.589.